The number of hydrogen-bond donors (Lipinski definition) is 0. The van der Waals surface area contributed by atoms with E-state index in [2.05, 4.69) is 45.1 Å². The first kappa shape index (κ1) is 22.1. The predicted octanol–water partition coefficient (Wildman–Crippen LogP) is 7.68. The summed E-state index contributed by atoms with van der Waals surface area (Å²) >= 11 is 3.60. The third-order valence-electron chi connectivity index (χ3n) is 5.38. The van der Waals surface area contributed by atoms with Crippen LogP contribution in [0.3, 0.4) is 0 Å². The number of rotatable bonds is 8. The lowest BCUT2D eigenvalue weighted by molar-refractivity contribution is 0.303. The summed E-state index contributed by atoms with van der Waals surface area (Å²) in [6.45, 7) is 3.43. The Morgan fingerprint density at radius 1 is 0.750 bits per heavy atom. The molecule has 0 aromatic heterocycles. The van der Waals surface area contributed by atoms with Crippen molar-refractivity contribution in [3.05, 3.63) is 130 Å². The molecular weight excluding hydrogens is 465 g/mol. The van der Waals surface area contributed by atoms with Crippen LogP contribution in [-0.2, 0) is 19.7 Å². The molecule has 0 aliphatic rings. The summed E-state index contributed by atoms with van der Waals surface area (Å²) in [6.07, 6.45) is 0. The molecule has 0 unspecified atom stereocenters. The van der Waals surface area contributed by atoms with Crippen LogP contribution in [0.2, 0.25) is 0 Å². The molecule has 0 bridgehead atoms. The van der Waals surface area contributed by atoms with E-state index in [0.29, 0.717) is 35.5 Å². The van der Waals surface area contributed by atoms with Gasteiger partial charge in [-0.1, -0.05) is 91.0 Å². The molecule has 32 heavy (non-hydrogen) atoms. The SMILES string of the molecule is Cc1c(F)cc(N(Cc2ccccc2)Cc2ccccc2)c(OCc2ccccc2)c1Br. The van der Waals surface area contributed by atoms with Crippen LogP contribution in [-0.4, -0.2) is 0 Å². The molecule has 0 amide bonds. The van der Waals surface area contributed by atoms with E-state index in [1.807, 2.05) is 66.7 Å². The quantitative estimate of drug-likeness (QED) is 0.251. The Morgan fingerprint density at radius 3 is 1.72 bits per heavy atom. The van der Waals surface area contributed by atoms with Gasteiger partial charge in [0.05, 0.1) is 10.2 Å². The van der Waals surface area contributed by atoms with E-state index in [0.717, 1.165) is 22.4 Å². The predicted molar refractivity (Wildman–Crippen MR) is 132 cm³/mol. The zero-order chi connectivity index (χ0) is 22.3. The van der Waals surface area contributed by atoms with Crippen LogP contribution < -0.4 is 9.64 Å². The van der Waals surface area contributed by atoms with Gasteiger partial charge in [0.1, 0.15) is 12.4 Å². The standard InChI is InChI=1S/C28H25BrFNO/c1-21-25(30)17-26(28(27(21)29)32-20-24-15-9-4-10-16-24)31(18-22-11-5-2-6-12-22)19-23-13-7-3-8-14-23/h2-17H,18-20H2,1H3. The molecule has 0 saturated carbocycles. The maximum atomic E-state index is 14.9. The Balaban J connectivity index is 1.74. The van der Waals surface area contributed by atoms with Crippen molar-refractivity contribution in [2.45, 2.75) is 26.6 Å². The lowest BCUT2D eigenvalue weighted by Crippen LogP contribution is -2.23. The van der Waals surface area contributed by atoms with Crippen LogP contribution >= 0.6 is 15.9 Å². The first-order valence-electron chi connectivity index (χ1n) is 10.6. The minimum Gasteiger partial charge on any atom is -0.486 e. The molecule has 0 atom stereocenters. The molecule has 4 aromatic carbocycles. The second kappa shape index (κ2) is 10.5. The molecule has 0 heterocycles. The highest BCUT2D eigenvalue weighted by Gasteiger charge is 2.21. The van der Waals surface area contributed by atoms with Gasteiger partial charge in [-0.25, -0.2) is 4.39 Å². The highest BCUT2D eigenvalue weighted by atomic mass is 79.9. The largest absolute Gasteiger partial charge is 0.486 e. The summed E-state index contributed by atoms with van der Waals surface area (Å²) < 4.78 is 21.8. The molecule has 0 radical (unpaired) electrons. The number of benzene rings is 4. The van der Waals surface area contributed by atoms with Crippen molar-refractivity contribution in [1.82, 2.24) is 0 Å². The zero-order valence-electron chi connectivity index (χ0n) is 18.0. The molecule has 0 fully saturated rings. The Kier molecular flexibility index (Phi) is 7.23. The van der Waals surface area contributed by atoms with E-state index in [1.54, 1.807) is 13.0 Å². The molecule has 0 aliphatic carbocycles. The molecule has 0 aliphatic heterocycles. The van der Waals surface area contributed by atoms with Gasteiger partial charge in [-0.2, -0.15) is 0 Å². The molecule has 0 spiro atoms. The fourth-order valence-corrected chi connectivity index (χ4v) is 4.12. The summed E-state index contributed by atoms with van der Waals surface area (Å²) in [5.41, 5.74) is 4.62. The highest BCUT2D eigenvalue weighted by molar-refractivity contribution is 9.10. The van der Waals surface area contributed by atoms with Gasteiger partial charge >= 0.3 is 0 Å². The fraction of sp³-hybridized carbons (Fsp3) is 0.143. The van der Waals surface area contributed by atoms with Crippen molar-refractivity contribution in [2.75, 3.05) is 4.90 Å². The van der Waals surface area contributed by atoms with Crippen LogP contribution in [0, 0.1) is 12.7 Å². The highest BCUT2D eigenvalue weighted by Crippen LogP contribution is 2.41. The van der Waals surface area contributed by atoms with E-state index in [4.69, 9.17) is 4.74 Å². The van der Waals surface area contributed by atoms with Gasteiger partial charge in [0.2, 0.25) is 0 Å². The van der Waals surface area contributed by atoms with Gasteiger partial charge in [-0.05, 0) is 39.5 Å². The first-order valence-corrected chi connectivity index (χ1v) is 11.4. The average Bonchev–Trinajstić information content (AvgIpc) is 2.83. The van der Waals surface area contributed by atoms with Crippen LogP contribution in [0.5, 0.6) is 5.75 Å². The minimum absolute atomic E-state index is 0.259. The van der Waals surface area contributed by atoms with Crippen molar-refractivity contribution in [2.24, 2.45) is 0 Å². The molecule has 0 N–H and O–H groups in total. The Hall–Kier alpha value is -3.11. The number of hydrogen-bond acceptors (Lipinski definition) is 2. The van der Waals surface area contributed by atoms with Gasteiger partial charge in [-0.15, -0.1) is 0 Å². The molecule has 2 nitrogen and oxygen atoms in total. The molecule has 162 valence electrons. The van der Waals surface area contributed by atoms with Gasteiger partial charge < -0.3 is 9.64 Å². The smallest absolute Gasteiger partial charge is 0.157 e. The van der Waals surface area contributed by atoms with Gasteiger partial charge in [0.15, 0.2) is 5.75 Å². The summed E-state index contributed by atoms with van der Waals surface area (Å²) in [7, 11) is 0. The van der Waals surface area contributed by atoms with Crippen LogP contribution in [0.25, 0.3) is 0 Å². The van der Waals surface area contributed by atoms with Crippen LogP contribution in [0.4, 0.5) is 10.1 Å². The number of anilines is 1. The minimum atomic E-state index is -0.259. The van der Waals surface area contributed by atoms with Crippen LogP contribution in [0.15, 0.2) is 102 Å². The maximum Gasteiger partial charge on any atom is 0.157 e. The van der Waals surface area contributed by atoms with Crippen molar-refractivity contribution in [1.29, 1.82) is 0 Å². The second-order valence-corrected chi connectivity index (χ2v) is 8.54. The topological polar surface area (TPSA) is 12.5 Å². The lowest BCUT2D eigenvalue weighted by atomic mass is 10.1. The summed E-state index contributed by atoms with van der Waals surface area (Å²) in [4.78, 5) is 2.16. The second-order valence-electron chi connectivity index (χ2n) is 7.75. The Bertz CT molecular complexity index is 1110. The fourth-order valence-electron chi connectivity index (χ4n) is 3.62. The van der Waals surface area contributed by atoms with E-state index in [1.165, 1.54) is 0 Å². The third kappa shape index (κ3) is 5.38. The summed E-state index contributed by atoms with van der Waals surface area (Å²) in [5.74, 6) is 0.393. The number of nitrogens with zero attached hydrogens (tertiary/aromatic N) is 1. The number of ether oxygens (including phenoxy) is 1. The maximum absolute atomic E-state index is 14.9. The molecule has 0 saturated heterocycles. The average molecular weight is 490 g/mol. The monoisotopic (exact) mass is 489 g/mol. The van der Waals surface area contributed by atoms with E-state index in [-0.39, 0.29) is 5.82 Å². The van der Waals surface area contributed by atoms with Crippen molar-refractivity contribution in [3.8, 4) is 5.75 Å². The van der Waals surface area contributed by atoms with E-state index >= 15 is 0 Å². The van der Waals surface area contributed by atoms with Crippen molar-refractivity contribution >= 4 is 21.6 Å². The molecular formula is C28H25BrFNO. The summed E-state index contributed by atoms with van der Waals surface area (Å²) in [6, 6.07) is 32.0. The van der Waals surface area contributed by atoms with E-state index in [9.17, 15) is 4.39 Å². The van der Waals surface area contributed by atoms with Crippen molar-refractivity contribution in [3.63, 3.8) is 0 Å². The van der Waals surface area contributed by atoms with Gasteiger partial charge in [-0.3, -0.25) is 0 Å². The molecule has 4 rings (SSSR count). The molecule has 4 heteroatoms. The Morgan fingerprint density at radius 2 is 1.22 bits per heavy atom. The summed E-state index contributed by atoms with van der Waals surface area (Å²) in [5, 5.41) is 0. The number of halogens is 2. The zero-order valence-corrected chi connectivity index (χ0v) is 19.6. The Labute approximate surface area is 197 Å². The third-order valence-corrected chi connectivity index (χ3v) is 6.34. The van der Waals surface area contributed by atoms with Crippen LogP contribution in [0.1, 0.15) is 22.3 Å². The van der Waals surface area contributed by atoms with Gasteiger partial charge in [0, 0.05) is 24.7 Å². The van der Waals surface area contributed by atoms with Crippen molar-refractivity contribution < 1.29 is 9.13 Å². The normalized spacial score (nSPS) is 10.7. The first-order chi connectivity index (χ1) is 15.6. The molecule has 4 aromatic rings. The van der Waals surface area contributed by atoms with Gasteiger partial charge in [0.25, 0.3) is 0 Å². The lowest BCUT2D eigenvalue weighted by Gasteiger charge is -2.28. The van der Waals surface area contributed by atoms with E-state index < -0.39 is 0 Å².